The van der Waals surface area contributed by atoms with Gasteiger partial charge in [0.1, 0.15) is 0 Å². The highest BCUT2D eigenvalue weighted by Crippen LogP contribution is 2.15. The van der Waals surface area contributed by atoms with Crippen molar-refractivity contribution in [1.29, 1.82) is 0 Å². The first kappa shape index (κ1) is 10.4. The summed E-state index contributed by atoms with van der Waals surface area (Å²) in [4.78, 5) is 6.50. The largest absolute Gasteiger partial charge is 0.336 e. The van der Waals surface area contributed by atoms with Crippen molar-refractivity contribution in [3.63, 3.8) is 0 Å². The van der Waals surface area contributed by atoms with Crippen molar-refractivity contribution in [1.82, 2.24) is 15.0 Å². The number of hydrogen-bond acceptors (Lipinski definition) is 5. The molecule has 1 aliphatic heterocycles. The number of nitrogens with one attached hydrogen (secondary N) is 1. The predicted molar refractivity (Wildman–Crippen MR) is 57.8 cm³/mol. The van der Waals surface area contributed by atoms with E-state index in [1.54, 1.807) is 0 Å². The summed E-state index contributed by atoms with van der Waals surface area (Å²) in [6, 6.07) is 1.12. The van der Waals surface area contributed by atoms with Crippen molar-refractivity contribution in [3.05, 3.63) is 5.82 Å². The molecule has 0 amide bonds. The molecule has 1 aromatic heterocycles. The first-order valence-electron chi connectivity index (χ1n) is 5.50. The van der Waals surface area contributed by atoms with E-state index in [0.29, 0.717) is 17.9 Å². The summed E-state index contributed by atoms with van der Waals surface area (Å²) in [5, 5.41) is 6.92. The maximum absolute atomic E-state index is 5.00. The fraction of sp³-hybridized carbons (Fsp3) is 0.800. The van der Waals surface area contributed by atoms with Gasteiger partial charge in [-0.15, -0.1) is 0 Å². The van der Waals surface area contributed by atoms with Crippen LogP contribution >= 0.6 is 0 Å². The number of anilines is 1. The molecule has 2 rings (SSSR count). The molecule has 1 unspecified atom stereocenters. The van der Waals surface area contributed by atoms with Crippen LogP contribution in [0, 0.1) is 6.92 Å². The average molecular weight is 210 g/mol. The summed E-state index contributed by atoms with van der Waals surface area (Å²) in [6.07, 6.45) is 3.88. The molecular weight excluding hydrogens is 192 g/mol. The summed E-state index contributed by atoms with van der Waals surface area (Å²) >= 11 is 0. The van der Waals surface area contributed by atoms with Gasteiger partial charge in [-0.3, -0.25) is 0 Å². The Morgan fingerprint density at radius 2 is 2.40 bits per heavy atom. The van der Waals surface area contributed by atoms with Gasteiger partial charge in [0, 0.05) is 12.6 Å². The molecule has 0 aliphatic carbocycles. The summed E-state index contributed by atoms with van der Waals surface area (Å²) in [6.45, 7) is 3.90. The SMILES string of the molecule is Cc1noc(NCC2CCCCN2C)n1. The lowest BCUT2D eigenvalue weighted by Crippen LogP contribution is -2.40. The van der Waals surface area contributed by atoms with E-state index in [-0.39, 0.29) is 0 Å². The van der Waals surface area contributed by atoms with Gasteiger partial charge in [0.25, 0.3) is 0 Å². The number of piperidine rings is 1. The number of nitrogens with zero attached hydrogens (tertiary/aromatic N) is 3. The van der Waals surface area contributed by atoms with Crippen LogP contribution in [-0.4, -0.2) is 41.2 Å². The van der Waals surface area contributed by atoms with E-state index >= 15 is 0 Å². The first-order chi connectivity index (χ1) is 7.25. The van der Waals surface area contributed by atoms with E-state index in [1.165, 1.54) is 25.8 Å². The van der Waals surface area contributed by atoms with Crippen LogP contribution in [0.25, 0.3) is 0 Å². The van der Waals surface area contributed by atoms with E-state index in [2.05, 4.69) is 27.4 Å². The fourth-order valence-corrected chi connectivity index (χ4v) is 1.98. The van der Waals surface area contributed by atoms with Crippen LogP contribution in [-0.2, 0) is 0 Å². The molecule has 84 valence electrons. The average Bonchev–Trinajstić information content (AvgIpc) is 2.63. The second-order valence-electron chi connectivity index (χ2n) is 4.16. The number of aryl methyl sites for hydroxylation is 1. The molecule has 1 saturated heterocycles. The van der Waals surface area contributed by atoms with Crippen molar-refractivity contribution >= 4 is 6.01 Å². The molecule has 1 atom stereocenters. The zero-order chi connectivity index (χ0) is 10.7. The molecule has 0 bridgehead atoms. The highest BCUT2D eigenvalue weighted by Gasteiger charge is 2.18. The van der Waals surface area contributed by atoms with Crippen LogP contribution in [0.5, 0.6) is 0 Å². The highest BCUT2D eigenvalue weighted by atomic mass is 16.5. The molecule has 2 heterocycles. The molecule has 5 nitrogen and oxygen atoms in total. The molecule has 1 fully saturated rings. The number of likely N-dealkylation sites (tertiary alicyclic amines) is 1. The second kappa shape index (κ2) is 4.61. The monoisotopic (exact) mass is 210 g/mol. The van der Waals surface area contributed by atoms with Crippen molar-refractivity contribution in [3.8, 4) is 0 Å². The molecule has 0 radical (unpaired) electrons. The Hall–Kier alpha value is -1.10. The lowest BCUT2D eigenvalue weighted by Gasteiger charge is -2.32. The third kappa shape index (κ3) is 2.68. The third-order valence-electron chi connectivity index (χ3n) is 2.94. The summed E-state index contributed by atoms with van der Waals surface area (Å²) in [5.41, 5.74) is 0. The normalized spacial score (nSPS) is 22.9. The fourth-order valence-electron chi connectivity index (χ4n) is 1.98. The van der Waals surface area contributed by atoms with Crippen LogP contribution in [0.1, 0.15) is 25.1 Å². The van der Waals surface area contributed by atoms with Gasteiger partial charge in [0.15, 0.2) is 5.82 Å². The topological polar surface area (TPSA) is 54.2 Å². The maximum atomic E-state index is 5.00. The minimum atomic E-state index is 0.534. The standard InChI is InChI=1S/C10H18N4O/c1-8-12-10(15-13-8)11-7-9-5-3-4-6-14(9)2/h9H,3-7H2,1-2H3,(H,11,12,13). The predicted octanol–water partition coefficient (Wildman–Crippen LogP) is 1.27. The van der Waals surface area contributed by atoms with E-state index in [4.69, 9.17) is 4.52 Å². The molecule has 5 heteroatoms. The Kier molecular flexibility index (Phi) is 3.20. The van der Waals surface area contributed by atoms with Gasteiger partial charge in [0.05, 0.1) is 0 Å². The van der Waals surface area contributed by atoms with Gasteiger partial charge in [-0.1, -0.05) is 11.6 Å². The van der Waals surface area contributed by atoms with E-state index in [1.807, 2.05) is 6.92 Å². The molecule has 0 saturated carbocycles. The Balaban J connectivity index is 1.81. The summed E-state index contributed by atoms with van der Waals surface area (Å²) in [5.74, 6) is 0.675. The Bertz CT molecular complexity index is 312. The minimum absolute atomic E-state index is 0.534. The Morgan fingerprint density at radius 1 is 1.53 bits per heavy atom. The molecular formula is C10H18N4O. The smallest absolute Gasteiger partial charge is 0.321 e. The van der Waals surface area contributed by atoms with Crippen LogP contribution in [0.15, 0.2) is 4.52 Å². The third-order valence-corrected chi connectivity index (χ3v) is 2.94. The minimum Gasteiger partial charge on any atom is -0.336 e. The van der Waals surface area contributed by atoms with Crippen molar-refractivity contribution in [2.24, 2.45) is 0 Å². The van der Waals surface area contributed by atoms with Crippen LogP contribution in [0.2, 0.25) is 0 Å². The quantitative estimate of drug-likeness (QED) is 0.814. The van der Waals surface area contributed by atoms with Gasteiger partial charge in [-0.2, -0.15) is 4.98 Å². The maximum Gasteiger partial charge on any atom is 0.321 e. The first-order valence-corrected chi connectivity index (χ1v) is 5.50. The van der Waals surface area contributed by atoms with Crippen molar-refractivity contribution in [2.75, 3.05) is 25.5 Å². The molecule has 0 spiro atoms. The highest BCUT2D eigenvalue weighted by molar-refractivity contribution is 5.18. The van der Waals surface area contributed by atoms with E-state index < -0.39 is 0 Å². The molecule has 15 heavy (non-hydrogen) atoms. The molecule has 1 aromatic rings. The Labute approximate surface area is 89.8 Å². The second-order valence-corrected chi connectivity index (χ2v) is 4.16. The van der Waals surface area contributed by atoms with Crippen molar-refractivity contribution < 1.29 is 4.52 Å². The van der Waals surface area contributed by atoms with E-state index in [9.17, 15) is 0 Å². The number of likely N-dealkylation sites (N-methyl/N-ethyl adjacent to an activating group) is 1. The number of aromatic nitrogens is 2. The zero-order valence-corrected chi connectivity index (χ0v) is 9.36. The van der Waals surface area contributed by atoms with Crippen molar-refractivity contribution in [2.45, 2.75) is 32.2 Å². The lowest BCUT2D eigenvalue weighted by atomic mass is 10.0. The van der Waals surface area contributed by atoms with Gasteiger partial charge in [0.2, 0.25) is 0 Å². The molecule has 1 aliphatic rings. The zero-order valence-electron chi connectivity index (χ0n) is 9.36. The lowest BCUT2D eigenvalue weighted by molar-refractivity contribution is 0.194. The van der Waals surface area contributed by atoms with Gasteiger partial charge in [-0.05, 0) is 33.4 Å². The molecule has 1 N–H and O–H groups in total. The number of rotatable bonds is 3. The van der Waals surface area contributed by atoms with Crippen LogP contribution < -0.4 is 5.32 Å². The van der Waals surface area contributed by atoms with Crippen LogP contribution in [0.4, 0.5) is 6.01 Å². The van der Waals surface area contributed by atoms with E-state index in [0.717, 1.165) is 6.54 Å². The van der Waals surface area contributed by atoms with Gasteiger partial charge in [-0.25, -0.2) is 0 Å². The van der Waals surface area contributed by atoms with Gasteiger partial charge < -0.3 is 14.7 Å². The molecule has 0 aromatic carbocycles. The Morgan fingerprint density at radius 3 is 3.07 bits per heavy atom. The van der Waals surface area contributed by atoms with Crippen LogP contribution in [0.3, 0.4) is 0 Å². The summed E-state index contributed by atoms with van der Waals surface area (Å²) < 4.78 is 5.00. The van der Waals surface area contributed by atoms with Gasteiger partial charge >= 0.3 is 6.01 Å². The summed E-state index contributed by atoms with van der Waals surface area (Å²) in [7, 11) is 2.17. The number of hydrogen-bond donors (Lipinski definition) is 1.